The van der Waals surface area contributed by atoms with E-state index in [0.29, 0.717) is 0 Å². The minimum Gasteiger partial charge on any atom is -0.304 e. The molecule has 136 valence electrons. The molecule has 0 aliphatic rings. The van der Waals surface area contributed by atoms with Crippen LogP contribution < -0.4 is 0 Å². The molecule has 0 amide bonds. The van der Waals surface area contributed by atoms with Gasteiger partial charge in [-0.3, -0.25) is 4.57 Å². The van der Waals surface area contributed by atoms with Crippen molar-refractivity contribution in [1.82, 2.24) is 0 Å². The second-order valence-corrected chi connectivity index (χ2v) is 14.2. The molecule has 0 aliphatic heterocycles. The van der Waals surface area contributed by atoms with Gasteiger partial charge in [0.15, 0.2) is 0 Å². The predicted octanol–water partition coefficient (Wildman–Crippen LogP) is 6.07. The Kier molecular flexibility index (Phi) is 8.68. The first-order valence-corrected chi connectivity index (χ1v) is 12.0. The maximum atomic E-state index is 14.5. The van der Waals surface area contributed by atoms with E-state index in [0.717, 1.165) is 0 Å². The molecule has 0 bridgehead atoms. The standard InChI is InChI=1S/C16H31F2O3PSi/c1-9-20-22(19,21-10-2)16(17,18)11-12-23(13(3)4,14(5)6)15(7)8/h13-15H,9-10H2,1-8H3. The van der Waals surface area contributed by atoms with Gasteiger partial charge in [-0.1, -0.05) is 41.5 Å². The molecule has 0 rings (SSSR count). The van der Waals surface area contributed by atoms with Crippen molar-refractivity contribution < 1.29 is 22.4 Å². The average molecular weight is 368 g/mol. The van der Waals surface area contributed by atoms with Crippen LogP contribution in [0.2, 0.25) is 16.6 Å². The van der Waals surface area contributed by atoms with Crippen LogP contribution in [0.15, 0.2) is 0 Å². The molecule has 0 atom stereocenters. The van der Waals surface area contributed by atoms with E-state index < -0.39 is 21.3 Å². The van der Waals surface area contributed by atoms with Gasteiger partial charge in [0.1, 0.15) is 8.07 Å². The molecule has 0 heterocycles. The number of hydrogen-bond donors (Lipinski definition) is 0. The number of rotatable bonds is 8. The van der Waals surface area contributed by atoms with E-state index in [-0.39, 0.29) is 29.8 Å². The highest BCUT2D eigenvalue weighted by atomic mass is 31.2. The zero-order valence-electron chi connectivity index (χ0n) is 15.6. The molecule has 23 heavy (non-hydrogen) atoms. The number of hydrogen-bond acceptors (Lipinski definition) is 3. The second-order valence-electron chi connectivity index (χ2n) is 6.52. The fourth-order valence-electron chi connectivity index (χ4n) is 3.22. The average Bonchev–Trinajstić information content (AvgIpc) is 2.38. The van der Waals surface area contributed by atoms with Crippen LogP contribution in [0.1, 0.15) is 55.4 Å². The summed E-state index contributed by atoms with van der Waals surface area (Å²) in [5.74, 6) is 2.02. The van der Waals surface area contributed by atoms with E-state index in [1.54, 1.807) is 0 Å². The molecular weight excluding hydrogens is 337 g/mol. The van der Waals surface area contributed by atoms with Gasteiger partial charge in [-0.15, -0.1) is 5.54 Å². The Labute approximate surface area is 141 Å². The maximum Gasteiger partial charge on any atom is 0.412 e. The van der Waals surface area contributed by atoms with Gasteiger partial charge in [-0.2, -0.15) is 8.78 Å². The van der Waals surface area contributed by atoms with E-state index in [1.807, 2.05) is 47.5 Å². The lowest BCUT2D eigenvalue weighted by Gasteiger charge is -2.38. The van der Waals surface area contributed by atoms with Crippen LogP contribution in [0.4, 0.5) is 8.78 Å². The highest BCUT2D eigenvalue weighted by molar-refractivity contribution is 7.55. The third-order valence-electron chi connectivity index (χ3n) is 4.24. The lowest BCUT2D eigenvalue weighted by atomic mass is 10.5. The maximum absolute atomic E-state index is 14.5. The Bertz CT molecular complexity index is 450. The topological polar surface area (TPSA) is 35.5 Å². The molecule has 0 aromatic heterocycles. The second kappa shape index (κ2) is 8.76. The Hall–Kier alpha value is -0.213. The molecule has 0 N–H and O–H groups in total. The van der Waals surface area contributed by atoms with Crippen molar-refractivity contribution in [3.05, 3.63) is 0 Å². The van der Waals surface area contributed by atoms with Crippen LogP contribution in [0.3, 0.4) is 0 Å². The minimum atomic E-state index is -4.58. The van der Waals surface area contributed by atoms with Gasteiger partial charge in [0, 0.05) is 0 Å². The lowest BCUT2D eigenvalue weighted by Crippen LogP contribution is -2.43. The summed E-state index contributed by atoms with van der Waals surface area (Å²) in [6, 6.07) is 0. The van der Waals surface area contributed by atoms with Crippen LogP contribution in [-0.4, -0.2) is 27.0 Å². The van der Waals surface area contributed by atoms with Crippen LogP contribution in [0.5, 0.6) is 0 Å². The van der Waals surface area contributed by atoms with Gasteiger partial charge in [-0.25, -0.2) is 0 Å². The molecule has 0 unspecified atom stereocenters. The molecule has 0 aliphatic carbocycles. The van der Waals surface area contributed by atoms with Gasteiger partial charge in [0.25, 0.3) is 0 Å². The van der Waals surface area contributed by atoms with Crippen molar-refractivity contribution >= 4 is 15.7 Å². The first-order valence-electron chi connectivity index (χ1n) is 8.22. The molecule has 3 nitrogen and oxygen atoms in total. The van der Waals surface area contributed by atoms with Crippen LogP contribution in [0, 0.1) is 11.5 Å². The van der Waals surface area contributed by atoms with Gasteiger partial charge in [0.2, 0.25) is 0 Å². The van der Waals surface area contributed by atoms with Crippen LogP contribution in [-0.2, 0) is 13.6 Å². The Morgan fingerprint density at radius 3 is 1.57 bits per heavy atom. The SMILES string of the molecule is CCOP(=O)(OCC)C(F)(F)C#C[Si](C(C)C)(C(C)C)C(C)C. The van der Waals surface area contributed by atoms with Gasteiger partial charge < -0.3 is 9.05 Å². The molecule has 0 aromatic rings. The zero-order chi connectivity index (χ0) is 18.5. The van der Waals surface area contributed by atoms with Crippen LogP contribution in [0.25, 0.3) is 0 Å². The van der Waals surface area contributed by atoms with E-state index in [4.69, 9.17) is 9.05 Å². The number of halogens is 2. The Morgan fingerprint density at radius 2 is 1.30 bits per heavy atom. The summed E-state index contributed by atoms with van der Waals surface area (Å²) < 4.78 is 50.9. The third-order valence-corrected chi connectivity index (χ3v) is 12.5. The van der Waals surface area contributed by atoms with Crippen molar-refractivity contribution in [2.45, 2.75) is 77.7 Å². The fraction of sp³-hybridized carbons (Fsp3) is 0.875. The summed E-state index contributed by atoms with van der Waals surface area (Å²) in [5, 5.41) is 0. The van der Waals surface area contributed by atoms with Gasteiger partial charge >= 0.3 is 13.3 Å². The fourth-order valence-corrected chi connectivity index (χ4v) is 9.84. The Balaban J connectivity index is 6.00. The first kappa shape index (κ1) is 22.8. The summed E-state index contributed by atoms with van der Waals surface area (Å²) in [4.78, 5) is 0. The summed E-state index contributed by atoms with van der Waals surface area (Å²) in [6.07, 6.45) is 0. The molecule has 0 spiro atoms. The molecular formula is C16H31F2O3PSi. The van der Waals surface area contributed by atoms with Crippen molar-refractivity contribution in [3.63, 3.8) is 0 Å². The normalized spacial score (nSPS) is 13.6. The van der Waals surface area contributed by atoms with E-state index in [1.165, 1.54) is 13.8 Å². The summed E-state index contributed by atoms with van der Waals surface area (Å²) in [5.41, 5.74) is -0.258. The van der Waals surface area contributed by atoms with Crippen molar-refractivity contribution in [1.29, 1.82) is 0 Å². The lowest BCUT2D eigenvalue weighted by molar-refractivity contribution is 0.0870. The zero-order valence-corrected chi connectivity index (χ0v) is 17.5. The van der Waals surface area contributed by atoms with Gasteiger partial charge in [-0.05, 0) is 36.4 Å². The van der Waals surface area contributed by atoms with Crippen molar-refractivity contribution in [3.8, 4) is 11.5 Å². The van der Waals surface area contributed by atoms with Crippen molar-refractivity contribution in [2.75, 3.05) is 13.2 Å². The molecule has 0 saturated heterocycles. The first-order chi connectivity index (χ1) is 10.4. The molecule has 7 heteroatoms. The van der Waals surface area contributed by atoms with Crippen LogP contribution >= 0.6 is 7.60 Å². The highest BCUT2D eigenvalue weighted by Crippen LogP contribution is 2.61. The largest absolute Gasteiger partial charge is 0.412 e. The summed E-state index contributed by atoms with van der Waals surface area (Å²) in [6.45, 7) is 15.0. The van der Waals surface area contributed by atoms with Crippen molar-refractivity contribution in [2.24, 2.45) is 0 Å². The molecule has 0 saturated carbocycles. The number of alkyl halides is 2. The quantitative estimate of drug-likeness (QED) is 0.296. The molecule has 0 radical (unpaired) electrons. The third kappa shape index (κ3) is 4.89. The predicted molar refractivity (Wildman–Crippen MR) is 94.6 cm³/mol. The summed E-state index contributed by atoms with van der Waals surface area (Å²) in [7, 11) is -6.92. The minimum absolute atomic E-state index is 0.115. The smallest absolute Gasteiger partial charge is 0.304 e. The van der Waals surface area contributed by atoms with E-state index in [9.17, 15) is 13.3 Å². The molecule has 0 fully saturated rings. The Morgan fingerprint density at radius 1 is 0.957 bits per heavy atom. The molecule has 0 aromatic carbocycles. The van der Waals surface area contributed by atoms with Gasteiger partial charge in [0.05, 0.1) is 13.2 Å². The highest BCUT2D eigenvalue weighted by Gasteiger charge is 2.53. The monoisotopic (exact) mass is 368 g/mol. The van der Waals surface area contributed by atoms with E-state index in [2.05, 4.69) is 5.54 Å². The van der Waals surface area contributed by atoms with E-state index >= 15 is 0 Å². The summed E-state index contributed by atoms with van der Waals surface area (Å²) >= 11 is 0.